The molecule has 1 saturated heterocycles. The van der Waals surface area contributed by atoms with Gasteiger partial charge in [-0.1, -0.05) is 13.3 Å². The fraction of sp³-hybridized carbons (Fsp3) is 0.583. The van der Waals surface area contributed by atoms with E-state index in [1.165, 1.54) is 6.33 Å². The summed E-state index contributed by atoms with van der Waals surface area (Å²) in [5, 5.41) is 12.2. The van der Waals surface area contributed by atoms with Crippen molar-refractivity contribution >= 4 is 11.8 Å². The number of aliphatic carboxylic acids is 1. The lowest BCUT2D eigenvalue weighted by atomic mass is 10.0. The molecule has 0 bridgehead atoms. The molecule has 1 aromatic heterocycles. The van der Waals surface area contributed by atoms with Crippen molar-refractivity contribution in [1.82, 2.24) is 9.97 Å². The first-order valence-corrected chi connectivity index (χ1v) is 6.08. The van der Waals surface area contributed by atoms with Gasteiger partial charge in [0.1, 0.15) is 18.1 Å². The Morgan fingerprint density at radius 3 is 3.11 bits per heavy atom. The van der Waals surface area contributed by atoms with Gasteiger partial charge in [0.05, 0.1) is 19.3 Å². The molecule has 1 aliphatic rings. The number of nitrogens with one attached hydrogen (secondary N) is 1. The largest absolute Gasteiger partial charge is 0.481 e. The van der Waals surface area contributed by atoms with Gasteiger partial charge in [-0.2, -0.15) is 0 Å². The molecule has 2 rings (SSSR count). The Morgan fingerprint density at radius 1 is 1.56 bits per heavy atom. The molecule has 1 fully saturated rings. The minimum atomic E-state index is -0.840. The zero-order valence-corrected chi connectivity index (χ0v) is 10.3. The second kappa shape index (κ2) is 5.77. The molecule has 0 saturated carbocycles. The van der Waals surface area contributed by atoms with Crippen LogP contribution in [-0.2, 0) is 16.0 Å². The number of nitrogens with zero attached hydrogens (tertiary/aromatic N) is 2. The zero-order valence-electron chi connectivity index (χ0n) is 10.3. The molecule has 2 heterocycles. The molecule has 0 aliphatic carbocycles. The highest BCUT2D eigenvalue weighted by molar-refractivity contribution is 5.72. The number of carbonyl (C=O) groups is 1. The predicted octanol–water partition coefficient (Wildman–Crippen LogP) is 0.941. The van der Waals surface area contributed by atoms with Crippen molar-refractivity contribution in [1.29, 1.82) is 0 Å². The van der Waals surface area contributed by atoms with Gasteiger partial charge < -0.3 is 15.2 Å². The van der Waals surface area contributed by atoms with Crippen LogP contribution < -0.4 is 5.32 Å². The quantitative estimate of drug-likeness (QED) is 0.810. The Kier molecular flexibility index (Phi) is 4.09. The highest BCUT2D eigenvalue weighted by atomic mass is 16.5. The summed E-state index contributed by atoms with van der Waals surface area (Å²) < 4.78 is 5.19. The number of carboxylic acids is 1. The van der Waals surface area contributed by atoms with E-state index in [1.807, 2.05) is 6.07 Å². The van der Waals surface area contributed by atoms with E-state index < -0.39 is 11.9 Å². The van der Waals surface area contributed by atoms with Crippen molar-refractivity contribution in [3.05, 3.63) is 18.1 Å². The monoisotopic (exact) mass is 251 g/mol. The first kappa shape index (κ1) is 12.8. The average molecular weight is 251 g/mol. The molecule has 0 aromatic carbocycles. The lowest BCUT2D eigenvalue weighted by molar-refractivity contribution is -0.141. The normalized spacial score (nSPS) is 22.9. The van der Waals surface area contributed by atoms with Crippen LogP contribution in [-0.4, -0.2) is 40.3 Å². The fourth-order valence-corrected chi connectivity index (χ4v) is 2.00. The first-order chi connectivity index (χ1) is 8.70. The third-order valence-corrected chi connectivity index (χ3v) is 2.96. The molecule has 18 heavy (non-hydrogen) atoms. The molecule has 2 atom stereocenters. The second-order valence-electron chi connectivity index (χ2n) is 4.38. The summed E-state index contributed by atoms with van der Waals surface area (Å²) in [7, 11) is 0. The molecule has 98 valence electrons. The first-order valence-electron chi connectivity index (χ1n) is 6.08. The van der Waals surface area contributed by atoms with Gasteiger partial charge in [-0.15, -0.1) is 0 Å². The minimum Gasteiger partial charge on any atom is -0.481 e. The van der Waals surface area contributed by atoms with Crippen LogP contribution in [0.5, 0.6) is 0 Å². The van der Waals surface area contributed by atoms with Crippen LogP contribution >= 0.6 is 0 Å². The molecule has 2 N–H and O–H groups in total. The van der Waals surface area contributed by atoms with Crippen LogP contribution in [0.15, 0.2) is 12.4 Å². The number of hydrogen-bond donors (Lipinski definition) is 2. The summed E-state index contributed by atoms with van der Waals surface area (Å²) in [5.41, 5.74) is 0.959. The summed E-state index contributed by atoms with van der Waals surface area (Å²) in [6.07, 6.45) is 3.40. The fourth-order valence-electron chi connectivity index (χ4n) is 2.00. The molecule has 0 spiro atoms. The Balaban J connectivity index is 2.04. The van der Waals surface area contributed by atoms with Crippen LogP contribution in [0.25, 0.3) is 0 Å². The van der Waals surface area contributed by atoms with Gasteiger partial charge in [0, 0.05) is 11.8 Å². The van der Waals surface area contributed by atoms with Crippen LogP contribution in [0.1, 0.15) is 19.0 Å². The third-order valence-electron chi connectivity index (χ3n) is 2.96. The third kappa shape index (κ3) is 2.95. The predicted molar refractivity (Wildman–Crippen MR) is 65.4 cm³/mol. The summed E-state index contributed by atoms with van der Waals surface area (Å²) >= 11 is 0. The lowest BCUT2D eigenvalue weighted by Crippen LogP contribution is -2.33. The van der Waals surface area contributed by atoms with Crippen LogP contribution in [0, 0.1) is 5.92 Å². The van der Waals surface area contributed by atoms with Crippen molar-refractivity contribution < 1.29 is 14.6 Å². The van der Waals surface area contributed by atoms with Crippen molar-refractivity contribution in [2.24, 2.45) is 5.92 Å². The summed E-state index contributed by atoms with van der Waals surface area (Å²) in [6.45, 7) is 2.73. The van der Waals surface area contributed by atoms with Gasteiger partial charge in [-0.25, -0.2) is 9.97 Å². The maximum atomic E-state index is 11.0. The van der Waals surface area contributed by atoms with Gasteiger partial charge in [-0.3, -0.25) is 4.79 Å². The van der Waals surface area contributed by atoms with E-state index in [9.17, 15) is 4.79 Å². The number of aromatic nitrogens is 2. The Bertz CT molecular complexity index is 425. The average Bonchev–Trinajstić information content (AvgIpc) is 2.78. The topological polar surface area (TPSA) is 84.3 Å². The van der Waals surface area contributed by atoms with E-state index in [-0.39, 0.29) is 12.6 Å². The smallest absolute Gasteiger partial charge is 0.311 e. The van der Waals surface area contributed by atoms with Gasteiger partial charge in [0.15, 0.2) is 0 Å². The SMILES string of the molecule is CCCc1cc(NC2COCC2C(=O)O)ncn1. The second-order valence-corrected chi connectivity index (χ2v) is 4.38. The Hall–Kier alpha value is -1.69. The zero-order chi connectivity index (χ0) is 13.0. The number of ether oxygens (including phenoxy) is 1. The van der Waals surface area contributed by atoms with E-state index in [4.69, 9.17) is 9.84 Å². The molecule has 0 radical (unpaired) electrons. The molecule has 6 nitrogen and oxygen atoms in total. The maximum absolute atomic E-state index is 11.0. The van der Waals surface area contributed by atoms with E-state index in [2.05, 4.69) is 22.2 Å². The summed E-state index contributed by atoms with van der Waals surface area (Å²) in [6, 6.07) is 1.63. The lowest BCUT2D eigenvalue weighted by Gasteiger charge is -2.16. The summed E-state index contributed by atoms with van der Waals surface area (Å²) in [4.78, 5) is 19.3. The number of anilines is 1. The van der Waals surface area contributed by atoms with Gasteiger partial charge in [0.2, 0.25) is 0 Å². The van der Waals surface area contributed by atoms with Gasteiger partial charge in [0.25, 0.3) is 0 Å². The Labute approximate surface area is 105 Å². The number of hydrogen-bond acceptors (Lipinski definition) is 5. The van der Waals surface area contributed by atoms with Crippen molar-refractivity contribution in [3.8, 4) is 0 Å². The highest BCUT2D eigenvalue weighted by Gasteiger charge is 2.34. The van der Waals surface area contributed by atoms with E-state index >= 15 is 0 Å². The van der Waals surface area contributed by atoms with Crippen LogP contribution in [0.3, 0.4) is 0 Å². The number of carboxylic acid groups (broad SMARTS) is 1. The van der Waals surface area contributed by atoms with Gasteiger partial charge in [-0.05, 0) is 6.42 Å². The van der Waals surface area contributed by atoms with Crippen molar-refractivity contribution in [3.63, 3.8) is 0 Å². The molecule has 1 aromatic rings. The van der Waals surface area contributed by atoms with E-state index in [1.54, 1.807) is 0 Å². The standard InChI is InChI=1S/C12H17N3O3/c1-2-3-8-4-11(14-7-13-8)15-10-6-18-5-9(10)12(16)17/h4,7,9-10H,2-3,5-6H2,1H3,(H,16,17)(H,13,14,15). The number of rotatable bonds is 5. The number of aryl methyl sites for hydroxylation is 1. The molecule has 0 amide bonds. The van der Waals surface area contributed by atoms with Crippen LogP contribution in [0.2, 0.25) is 0 Å². The van der Waals surface area contributed by atoms with Gasteiger partial charge >= 0.3 is 5.97 Å². The molecular weight excluding hydrogens is 234 g/mol. The van der Waals surface area contributed by atoms with E-state index in [0.717, 1.165) is 18.5 Å². The Morgan fingerprint density at radius 2 is 2.39 bits per heavy atom. The molecular formula is C12H17N3O3. The maximum Gasteiger partial charge on any atom is 0.311 e. The molecule has 1 aliphatic heterocycles. The molecule has 6 heteroatoms. The van der Waals surface area contributed by atoms with E-state index in [0.29, 0.717) is 12.4 Å². The molecule has 2 unspecified atom stereocenters. The highest BCUT2D eigenvalue weighted by Crippen LogP contribution is 2.18. The van der Waals surface area contributed by atoms with Crippen molar-refractivity contribution in [2.75, 3.05) is 18.5 Å². The minimum absolute atomic E-state index is 0.230. The van der Waals surface area contributed by atoms with Crippen molar-refractivity contribution in [2.45, 2.75) is 25.8 Å². The van der Waals surface area contributed by atoms with Crippen LogP contribution in [0.4, 0.5) is 5.82 Å². The summed E-state index contributed by atoms with van der Waals surface area (Å²) in [5.74, 6) is -0.697.